The highest BCUT2D eigenvalue weighted by Crippen LogP contribution is 2.15. The van der Waals surface area contributed by atoms with Gasteiger partial charge in [0.1, 0.15) is 0 Å². The van der Waals surface area contributed by atoms with Crippen molar-refractivity contribution in [3.8, 4) is 0 Å². The Morgan fingerprint density at radius 2 is 2.19 bits per heavy atom. The second-order valence-corrected chi connectivity index (χ2v) is 4.64. The van der Waals surface area contributed by atoms with Crippen LogP contribution in [0, 0.1) is 0 Å². The Bertz CT molecular complexity index is 557. The summed E-state index contributed by atoms with van der Waals surface area (Å²) in [5.74, 6) is 0. The minimum absolute atomic E-state index is 0.0313. The molecule has 16 heavy (non-hydrogen) atoms. The molecule has 0 unspecified atom stereocenters. The van der Waals surface area contributed by atoms with Crippen LogP contribution in [0.3, 0.4) is 0 Å². The third-order valence-corrected chi connectivity index (χ3v) is 3.31. The summed E-state index contributed by atoms with van der Waals surface area (Å²) in [7, 11) is -3.69. The minimum Gasteiger partial charge on any atom is -0.326 e. The lowest BCUT2D eigenvalue weighted by atomic mass is 10.4. The molecule has 0 fully saturated rings. The quantitative estimate of drug-likeness (QED) is 0.568. The zero-order valence-electron chi connectivity index (χ0n) is 8.14. The first-order valence-electron chi connectivity index (χ1n) is 4.37. The number of H-pyrrole nitrogens is 2. The van der Waals surface area contributed by atoms with Gasteiger partial charge in [-0.25, -0.2) is 0 Å². The number of rotatable bonds is 4. The molecule has 0 bridgehead atoms. The molecule has 5 N–H and O–H groups in total. The van der Waals surface area contributed by atoms with Crippen LogP contribution in [0.5, 0.6) is 0 Å². The van der Waals surface area contributed by atoms with E-state index in [9.17, 15) is 8.42 Å². The van der Waals surface area contributed by atoms with Gasteiger partial charge >= 0.3 is 0 Å². The van der Waals surface area contributed by atoms with Crippen LogP contribution < -0.4 is 10.5 Å². The number of aromatic amines is 2. The third-order valence-electron chi connectivity index (χ3n) is 1.92. The van der Waals surface area contributed by atoms with Gasteiger partial charge in [-0.05, 0) is 0 Å². The van der Waals surface area contributed by atoms with Crippen molar-refractivity contribution >= 4 is 15.7 Å². The lowest BCUT2D eigenvalue weighted by Crippen LogP contribution is -2.15. The summed E-state index contributed by atoms with van der Waals surface area (Å²) in [4.78, 5) is 0. The van der Waals surface area contributed by atoms with Crippen molar-refractivity contribution in [3.63, 3.8) is 0 Å². The molecule has 9 heteroatoms. The maximum Gasteiger partial charge on any atom is 0.279 e. The van der Waals surface area contributed by atoms with Crippen LogP contribution in [0.2, 0.25) is 0 Å². The molecule has 0 aliphatic heterocycles. The Morgan fingerprint density at radius 3 is 2.81 bits per heavy atom. The number of hydrogen-bond donors (Lipinski definition) is 4. The molecule has 0 aliphatic carbocycles. The van der Waals surface area contributed by atoms with E-state index in [0.29, 0.717) is 11.3 Å². The minimum atomic E-state index is -3.69. The number of aromatic nitrogens is 4. The lowest BCUT2D eigenvalue weighted by Gasteiger charge is -2.04. The van der Waals surface area contributed by atoms with E-state index in [-0.39, 0.29) is 11.6 Å². The van der Waals surface area contributed by atoms with E-state index >= 15 is 0 Å². The Labute approximate surface area is 91.3 Å². The highest BCUT2D eigenvalue weighted by atomic mass is 32.2. The van der Waals surface area contributed by atoms with Crippen molar-refractivity contribution in [3.05, 3.63) is 24.2 Å². The smallest absolute Gasteiger partial charge is 0.279 e. The number of hydrogen-bond acceptors (Lipinski definition) is 5. The fourth-order valence-corrected chi connectivity index (χ4v) is 2.37. The molecule has 8 nitrogen and oxygen atoms in total. The van der Waals surface area contributed by atoms with Crippen molar-refractivity contribution in [2.75, 3.05) is 4.72 Å². The van der Waals surface area contributed by atoms with Crippen LogP contribution in [0.15, 0.2) is 23.6 Å². The predicted octanol–water partition coefficient (Wildman–Crippen LogP) is -0.608. The summed E-state index contributed by atoms with van der Waals surface area (Å²) < 4.78 is 26.0. The molecule has 2 heterocycles. The van der Waals surface area contributed by atoms with Crippen LogP contribution in [0.1, 0.15) is 5.56 Å². The summed E-state index contributed by atoms with van der Waals surface area (Å²) in [6.45, 7) is 0.0954. The van der Waals surface area contributed by atoms with Gasteiger partial charge in [-0.2, -0.15) is 18.6 Å². The molecule has 0 radical (unpaired) electrons. The highest BCUT2D eigenvalue weighted by molar-refractivity contribution is 7.92. The van der Waals surface area contributed by atoms with E-state index in [1.165, 1.54) is 18.6 Å². The van der Waals surface area contributed by atoms with Gasteiger partial charge in [-0.1, -0.05) is 0 Å². The Hall–Kier alpha value is -1.87. The largest absolute Gasteiger partial charge is 0.326 e. The van der Waals surface area contributed by atoms with E-state index in [4.69, 9.17) is 5.73 Å². The molecular weight excluding hydrogens is 232 g/mol. The molecule has 0 spiro atoms. The van der Waals surface area contributed by atoms with Crippen molar-refractivity contribution in [1.29, 1.82) is 0 Å². The highest BCUT2D eigenvalue weighted by Gasteiger charge is 2.20. The van der Waals surface area contributed by atoms with Crippen LogP contribution >= 0.6 is 0 Å². The van der Waals surface area contributed by atoms with E-state index in [1.54, 1.807) is 0 Å². The predicted molar refractivity (Wildman–Crippen MR) is 55.9 cm³/mol. The molecule has 0 aromatic carbocycles. The van der Waals surface area contributed by atoms with Crippen molar-refractivity contribution in [2.45, 2.75) is 11.6 Å². The van der Waals surface area contributed by atoms with E-state index in [0.717, 1.165) is 0 Å². The molecule has 2 rings (SSSR count). The molecular formula is C7H10N6O2S. The van der Waals surface area contributed by atoms with Gasteiger partial charge in [0, 0.05) is 18.3 Å². The van der Waals surface area contributed by atoms with Gasteiger partial charge in [0.05, 0.1) is 18.1 Å². The second-order valence-electron chi connectivity index (χ2n) is 3.02. The van der Waals surface area contributed by atoms with Gasteiger partial charge < -0.3 is 5.73 Å². The van der Waals surface area contributed by atoms with Gasteiger partial charge in [-0.3, -0.25) is 14.9 Å². The average molecular weight is 242 g/mol. The van der Waals surface area contributed by atoms with Gasteiger partial charge in [-0.15, -0.1) is 0 Å². The first-order valence-corrected chi connectivity index (χ1v) is 5.85. The number of anilines is 1. The standard InChI is InChI=1S/C7H10N6O2S/c8-1-5-2-11-12-7(5)16(14,15)13-6-3-9-10-4-6/h2-4,13H,1,8H2,(H,9,10)(H,11,12). The first kappa shape index (κ1) is 10.6. The topological polar surface area (TPSA) is 130 Å². The third kappa shape index (κ3) is 1.90. The summed E-state index contributed by atoms with van der Waals surface area (Å²) >= 11 is 0. The van der Waals surface area contributed by atoms with Crippen LogP contribution in [-0.2, 0) is 16.6 Å². The first-order chi connectivity index (χ1) is 7.63. The molecule has 2 aromatic heterocycles. The van der Waals surface area contributed by atoms with Crippen LogP contribution in [0.25, 0.3) is 0 Å². The number of nitrogens with one attached hydrogen (secondary N) is 3. The SMILES string of the molecule is NCc1cn[nH]c1S(=O)(=O)Nc1cn[nH]c1. The molecule has 0 saturated carbocycles. The van der Waals surface area contributed by atoms with Gasteiger partial charge in [0.2, 0.25) is 0 Å². The number of nitrogens with zero attached hydrogens (tertiary/aromatic N) is 2. The van der Waals surface area contributed by atoms with Gasteiger partial charge in [0.15, 0.2) is 5.03 Å². The summed E-state index contributed by atoms with van der Waals surface area (Å²) in [6.07, 6.45) is 4.16. The molecule has 0 saturated heterocycles. The van der Waals surface area contributed by atoms with E-state index in [2.05, 4.69) is 25.1 Å². The zero-order valence-corrected chi connectivity index (χ0v) is 8.95. The number of sulfonamides is 1. The lowest BCUT2D eigenvalue weighted by molar-refractivity contribution is 0.596. The summed E-state index contributed by atoms with van der Waals surface area (Å²) in [5.41, 5.74) is 6.17. The summed E-state index contributed by atoms with van der Waals surface area (Å²) in [5, 5.41) is 12.1. The maximum absolute atomic E-state index is 11.9. The molecule has 2 aromatic rings. The van der Waals surface area contributed by atoms with Crippen LogP contribution in [0.4, 0.5) is 5.69 Å². The van der Waals surface area contributed by atoms with Crippen molar-refractivity contribution in [1.82, 2.24) is 20.4 Å². The van der Waals surface area contributed by atoms with Crippen LogP contribution in [-0.4, -0.2) is 28.8 Å². The summed E-state index contributed by atoms with van der Waals surface area (Å²) in [6, 6.07) is 0. The molecule has 0 aliphatic rings. The molecule has 0 atom stereocenters. The Morgan fingerprint density at radius 1 is 1.38 bits per heavy atom. The second kappa shape index (κ2) is 3.94. The molecule has 0 amide bonds. The van der Waals surface area contributed by atoms with E-state index < -0.39 is 10.0 Å². The normalized spacial score (nSPS) is 11.6. The average Bonchev–Trinajstić information content (AvgIpc) is 2.85. The fraction of sp³-hybridized carbons (Fsp3) is 0.143. The number of nitrogens with two attached hydrogens (primary N) is 1. The molecule has 86 valence electrons. The fourth-order valence-electron chi connectivity index (χ4n) is 1.19. The monoisotopic (exact) mass is 242 g/mol. The van der Waals surface area contributed by atoms with Gasteiger partial charge in [0.25, 0.3) is 10.0 Å². The Kier molecular flexibility index (Phi) is 2.62. The van der Waals surface area contributed by atoms with Crippen molar-refractivity contribution < 1.29 is 8.42 Å². The Balaban J connectivity index is 2.33. The van der Waals surface area contributed by atoms with Crippen molar-refractivity contribution in [2.24, 2.45) is 5.73 Å². The zero-order chi connectivity index (χ0) is 11.6. The maximum atomic E-state index is 11.9. The van der Waals surface area contributed by atoms with E-state index in [1.807, 2.05) is 0 Å².